The van der Waals surface area contributed by atoms with Crippen molar-refractivity contribution in [3.8, 4) is 0 Å². The third-order valence-electron chi connectivity index (χ3n) is 4.72. The standard InChI is InChI=1S/C17H19ClN4O3S/c1-26(23,24)14-4-2-12(3-5-14)9-21-10-13-11-25-7-6-22(13)16-15(21)8-19-17(18)20-16/h2-5,8,13H,6-7,9-11H2,1H3. The van der Waals surface area contributed by atoms with E-state index in [1.807, 2.05) is 12.1 Å². The minimum Gasteiger partial charge on any atom is -0.377 e. The Morgan fingerprint density at radius 1 is 1.31 bits per heavy atom. The molecule has 2 aromatic rings. The monoisotopic (exact) mass is 394 g/mol. The first kappa shape index (κ1) is 17.5. The zero-order valence-electron chi connectivity index (χ0n) is 14.3. The Hall–Kier alpha value is -1.90. The highest BCUT2D eigenvalue weighted by atomic mass is 35.5. The van der Waals surface area contributed by atoms with Crippen LogP contribution in [0.2, 0.25) is 5.28 Å². The molecule has 138 valence electrons. The number of ether oxygens (including phenoxy) is 1. The SMILES string of the molecule is CS(=O)(=O)c1ccc(CN2CC3COCCN3c3nc(Cl)ncc32)cc1. The second-order valence-electron chi connectivity index (χ2n) is 6.57. The quantitative estimate of drug-likeness (QED) is 0.734. The molecular formula is C17H19ClN4O3S. The summed E-state index contributed by atoms with van der Waals surface area (Å²) in [7, 11) is -3.19. The Kier molecular flexibility index (Phi) is 4.50. The van der Waals surface area contributed by atoms with Crippen LogP contribution in [0.25, 0.3) is 0 Å². The van der Waals surface area contributed by atoms with Crippen molar-refractivity contribution in [3.63, 3.8) is 0 Å². The lowest BCUT2D eigenvalue weighted by molar-refractivity contribution is 0.0936. The van der Waals surface area contributed by atoms with Gasteiger partial charge in [-0.05, 0) is 29.3 Å². The van der Waals surface area contributed by atoms with Crippen molar-refractivity contribution in [3.05, 3.63) is 41.3 Å². The van der Waals surface area contributed by atoms with Gasteiger partial charge in [0.05, 0.1) is 36.0 Å². The maximum absolute atomic E-state index is 11.6. The summed E-state index contributed by atoms with van der Waals surface area (Å²) >= 11 is 6.02. The molecule has 0 radical (unpaired) electrons. The molecule has 7 nitrogen and oxygen atoms in total. The Morgan fingerprint density at radius 2 is 2.08 bits per heavy atom. The molecule has 0 aliphatic carbocycles. The Balaban J connectivity index is 1.64. The highest BCUT2D eigenvalue weighted by Gasteiger charge is 2.34. The van der Waals surface area contributed by atoms with Gasteiger partial charge in [0.1, 0.15) is 0 Å². The lowest BCUT2D eigenvalue weighted by Crippen LogP contribution is -2.55. The third-order valence-corrected chi connectivity index (χ3v) is 6.03. The molecule has 4 rings (SSSR count). The molecule has 1 fully saturated rings. The van der Waals surface area contributed by atoms with Crippen LogP contribution in [0.3, 0.4) is 0 Å². The molecule has 0 N–H and O–H groups in total. The van der Waals surface area contributed by atoms with Crippen molar-refractivity contribution >= 4 is 32.9 Å². The van der Waals surface area contributed by atoms with Crippen molar-refractivity contribution in [1.29, 1.82) is 0 Å². The second-order valence-corrected chi connectivity index (χ2v) is 8.92. The summed E-state index contributed by atoms with van der Waals surface area (Å²) in [6, 6.07) is 7.18. The maximum Gasteiger partial charge on any atom is 0.224 e. The number of morpholine rings is 1. The summed E-state index contributed by atoms with van der Waals surface area (Å²) in [5, 5.41) is 0.230. The average Bonchev–Trinajstić information content (AvgIpc) is 2.61. The van der Waals surface area contributed by atoms with Crippen LogP contribution in [0.4, 0.5) is 11.5 Å². The van der Waals surface area contributed by atoms with Crippen LogP contribution in [0.1, 0.15) is 5.56 Å². The minimum atomic E-state index is -3.19. The molecule has 0 amide bonds. The van der Waals surface area contributed by atoms with E-state index in [1.165, 1.54) is 6.26 Å². The van der Waals surface area contributed by atoms with Gasteiger partial charge in [0, 0.05) is 25.9 Å². The number of nitrogens with zero attached hydrogens (tertiary/aromatic N) is 4. The molecule has 1 aromatic carbocycles. The van der Waals surface area contributed by atoms with Crippen LogP contribution in [0.15, 0.2) is 35.4 Å². The number of hydrogen-bond donors (Lipinski definition) is 0. The number of anilines is 2. The predicted octanol–water partition coefficient (Wildman–Crippen LogP) is 1.76. The van der Waals surface area contributed by atoms with Crippen molar-refractivity contribution < 1.29 is 13.2 Å². The van der Waals surface area contributed by atoms with E-state index in [9.17, 15) is 8.42 Å². The number of sulfone groups is 1. The summed E-state index contributed by atoms with van der Waals surface area (Å²) in [6.45, 7) is 3.51. The fraction of sp³-hybridized carbons (Fsp3) is 0.412. The Morgan fingerprint density at radius 3 is 2.81 bits per heavy atom. The van der Waals surface area contributed by atoms with Crippen molar-refractivity contribution in [2.75, 3.05) is 42.4 Å². The van der Waals surface area contributed by atoms with Gasteiger partial charge in [-0.1, -0.05) is 12.1 Å². The highest BCUT2D eigenvalue weighted by molar-refractivity contribution is 7.90. The van der Waals surface area contributed by atoms with E-state index in [1.54, 1.807) is 18.3 Å². The number of rotatable bonds is 3. The van der Waals surface area contributed by atoms with Gasteiger partial charge in [-0.25, -0.2) is 13.4 Å². The Bertz CT molecular complexity index is 920. The number of aromatic nitrogens is 2. The van der Waals surface area contributed by atoms with Gasteiger partial charge in [0.15, 0.2) is 15.7 Å². The van der Waals surface area contributed by atoms with E-state index in [0.717, 1.165) is 30.2 Å². The molecule has 1 saturated heterocycles. The van der Waals surface area contributed by atoms with E-state index < -0.39 is 9.84 Å². The fourth-order valence-corrected chi connectivity index (χ4v) is 4.19. The van der Waals surface area contributed by atoms with Crippen molar-refractivity contribution in [1.82, 2.24) is 9.97 Å². The van der Waals surface area contributed by atoms with Crippen LogP contribution in [-0.4, -0.2) is 57.0 Å². The summed E-state index contributed by atoms with van der Waals surface area (Å²) in [6.07, 6.45) is 2.96. The van der Waals surface area contributed by atoms with Gasteiger partial charge < -0.3 is 14.5 Å². The summed E-state index contributed by atoms with van der Waals surface area (Å²) in [5.74, 6) is 0.831. The lowest BCUT2D eigenvalue weighted by atomic mass is 10.1. The van der Waals surface area contributed by atoms with Crippen LogP contribution in [0, 0.1) is 0 Å². The van der Waals surface area contributed by atoms with Gasteiger partial charge in [-0.3, -0.25) is 0 Å². The Labute approximate surface area is 157 Å². The van der Waals surface area contributed by atoms with Gasteiger partial charge in [-0.15, -0.1) is 0 Å². The highest BCUT2D eigenvalue weighted by Crippen LogP contribution is 2.35. The van der Waals surface area contributed by atoms with E-state index in [4.69, 9.17) is 16.3 Å². The molecule has 26 heavy (non-hydrogen) atoms. The summed E-state index contributed by atoms with van der Waals surface area (Å²) < 4.78 is 28.9. The normalized spacial score (nSPS) is 19.8. The molecule has 0 bridgehead atoms. The zero-order chi connectivity index (χ0) is 18.3. The predicted molar refractivity (Wildman–Crippen MR) is 99.6 cm³/mol. The fourth-order valence-electron chi connectivity index (χ4n) is 3.43. The smallest absolute Gasteiger partial charge is 0.224 e. The first-order valence-corrected chi connectivity index (χ1v) is 10.6. The maximum atomic E-state index is 11.6. The molecule has 3 heterocycles. The van der Waals surface area contributed by atoms with Crippen LogP contribution >= 0.6 is 11.6 Å². The lowest BCUT2D eigenvalue weighted by Gasteiger charge is -2.45. The van der Waals surface area contributed by atoms with Crippen LogP contribution in [0.5, 0.6) is 0 Å². The van der Waals surface area contributed by atoms with Gasteiger partial charge in [0.25, 0.3) is 0 Å². The molecule has 2 aliphatic rings. The van der Waals surface area contributed by atoms with Gasteiger partial charge >= 0.3 is 0 Å². The first-order chi connectivity index (χ1) is 12.4. The molecule has 1 unspecified atom stereocenters. The first-order valence-electron chi connectivity index (χ1n) is 8.33. The largest absolute Gasteiger partial charge is 0.377 e. The molecular weight excluding hydrogens is 376 g/mol. The summed E-state index contributed by atoms with van der Waals surface area (Å²) in [5.41, 5.74) is 1.95. The van der Waals surface area contributed by atoms with E-state index in [0.29, 0.717) is 24.7 Å². The van der Waals surface area contributed by atoms with E-state index in [-0.39, 0.29) is 11.3 Å². The number of fused-ring (bicyclic) bond motifs is 3. The average molecular weight is 395 g/mol. The van der Waals surface area contributed by atoms with E-state index >= 15 is 0 Å². The van der Waals surface area contributed by atoms with Crippen LogP contribution in [-0.2, 0) is 21.1 Å². The molecule has 2 aliphatic heterocycles. The van der Waals surface area contributed by atoms with Crippen molar-refractivity contribution in [2.45, 2.75) is 17.5 Å². The number of halogens is 1. The zero-order valence-corrected chi connectivity index (χ0v) is 15.9. The number of hydrogen-bond acceptors (Lipinski definition) is 7. The minimum absolute atomic E-state index is 0.206. The van der Waals surface area contributed by atoms with Crippen molar-refractivity contribution in [2.24, 2.45) is 0 Å². The van der Waals surface area contributed by atoms with Gasteiger partial charge in [-0.2, -0.15) is 4.98 Å². The van der Waals surface area contributed by atoms with Crippen LogP contribution < -0.4 is 9.80 Å². The van der Waals surface area contributed by atoms with E-state index in [2.05, 4.69) is 19.8 Å². The third kappa shape index (κ3) is 3.36. The molecule has 0 saturated carbocycles. The van der Waals surface area contributed by atoms with Gasteiger partial charge in [0.2, 0.25) is 5.28 Å². The topological polar surface area (TPSA) is 75.6 Å². The molecule has 1 atom stereocenters. The number of benzene rings is 1. The summed E-state index contributed by atoms with van der Waals surface area (Å²) in [4.78, 5) is 13.3. The molecule has 1 aromatic heterocycles. The molecule has 0 spiro atoms. The molecule has 9 heteroatoms. The second kappa shape index (κ2) is 6.68.